The molecule has 2 heterocycles. The van der Waals surface area contributed by atoms with Crippen molar-refractivity contribution in [1.29, 1.82) is 0 Å². The van der Waals surface area contributed by atoms with Crippen molar-refractivity contribution in [3.63, 3.8) is 0 Å². The molecular formula is C18H14ClNO2. The molecule has 1 atom stereocenters. The SMILES string of the molecule is COc1ccc2nc(-c3ccc(Cl)cc3)cc([C@H]3CO3)c2c1. The Kier molecular flexibility index (Phi) is 3.25. The number of rotatable bonds is 3. The quantitative estimate of drug-likeness (QED) is 0.661. The summed E-state index contributed by atoms with van der Waals surface area (Å²) in [5.41, 5.74) is 4.08. The molecule has 4 heteroatoms. The summed E-state index contributed by atoms with van der Waals surface area (Å²) in [6.07, 6.45) is 0.156. The molecule has 1 aromatic heterocycles. The Labute approximate surface area is 133 Å². The third-order valence-electron chi connectivity index (χ3n) is 3.87. The van der Waals surface area contributed by atoms with Crippen molar-refractivity contribution in [2.45, 2.75) is 6.10 Å². The van der Waals surface area contributed by atoms with Crippen molar-refractivity contribution in [2.75, 3.05) is 13.7 Å². The summed E-state index contributed by atoms with van der Waals surface area (Å²) < 4.78 is 10.8. The van der Waals surface area contributed by atoms with Gasteiger partial charge in [-0.3, -0.25) is 0 Å². The van der Waals surface area contributed by atoms with Crippen LogP contribution in [0.4, 0.5) is 0 Å². The first kappa shape index (κ1) is 13.6. The highest BCUT2D eigenvalue weighted by Gasteiger charge is 2.27. The predicted octanol–water partition coefficient (Wildman–Crippen LogP) is 4.64. The molecule has 1 aliphatic heterocycles. The zero-order valence-electron chi connectivity index (χ0n) is 12.0. The minimum atomic E-state index is 0.156. The lowest BCUT2D eigenvalue weighted by molar-refractivity contribution is 0.413. The van der Waals surface area contributed by atoms with Gasteiger partial charge in [0.15, 0.2) is 0 Å². The lowest BCUT2D eigenvalue weighted by Gasteiger charge is -2.10. The third kappa shape index (κ3) is 2.43. The largest absolute Gasteiger partial charge is 0.497 e. The maximum atomic E-state index is 5.96. The molecule has 0 amide bonds. The highest BCUT2D eigenvalue weighted by Crippen LogP contribution is 2.38. The number of epoxide rings is 1. The van der Waals surface area contributed by atoms with E-state index in [2.05, 4.69) is 6.07 Å². The predicted molar refractivity (Wildman–Crippen MR) is 87.4 cm³/mol. The molecule has 0 bridgehead atoms. The van der Waals surface area contributed by atoms with Crippen molar-refractivity contribution in [3.05, 3.63) is 59.1 Å². The summed E-state index contributed by atoms with van der Waals surface area (Å²) in [4.78, 5) is 4.77. The van der Waals surface area contributed by atoms with Crippen LogP contribution in [0.5, 0.6) is 5.75 Å². The Morgan fingerprint density at radius 1 is 1.14 bits per heavy atom. The molecule has 1 aliphatic rings. The van der Waals surface area contributed by atoms with Crippen molar-refractivity contribution in [2.24, 2.45) is 0 Å². The summed E-state index contributed by atoms with van der Waals surface area (Å²) in [7, 11) is 1.67. The molecule has 0 radical (unpaired) electrons. The summed E-state index contributed by atoms with van der Waals surface area (Å²) >= 11 is 5.96. The molecular weight excluding hydrogens is 298 g/mol. The normalized spacial score (nSPS) is 16.7. The van der Waals surface area contributed by atoms with Gasteiger partial charge < -0.3 is 9.47 Å². The summed E-state index contributed by atoms with van der Waals surface area (Å²) in [5, 5.41) is 1.81. The van der Waals surface area contributed by atoms with Crippen molar-refractivity contribution < 1.29 is 9.47 Å². The Balaban J connectivity index is 1.92. The van der Waals surface area contributed by atoms with E-state index in [0.717, 1.165) is 45.1 Å². The van der Waals surface area contributed by atoms with Crippen LogP contribution in [0.3, 0.4) is 0 Å². The fourth-order valence-corrected chi connectivity index (χ4v) is 2.75. The molecule has 2 aromatic carbocycles. The van der Waals surface area contributed by atoms with Gasteiger partial charge in [-0.05, 0) is 42.0 Å². The van der Waals surface area contributed by atoms with E-state index >= 15 is 0 Å². The van der Waals surface area contributed by atoms with E-state index in [1.807, 2.05) is 42.5 Å². The molecule has 22 heavy (non-hydrogen) atoms. The molecule has 0 unspecified atom stereocenters. The number of hydrogen-bond acceptors (Lipinski definition) is 3. The minimum absolute atomic E-state index is 0.156. The van der Waals surface area contributed by atoms with Crippen LogP contribution in [0.15, 0.2) is 48.5 Å². The van der Waals surface area contributed by atoms with E-state index in [9.17, 15) is 0 Å². The molecule has 0 saturated carbocycles. The van der Waals surface area contributed by atoms with Crippen LogP contribution in [0, 0.1) is 0 Å². The fraction of sp³-hybridized carbons (Fsp3) is 0.167. The van der Waals surface area contributed by atoms with Crippen LogP contribution in [0.25, 0.3) is 22.2 Å². The smallest absolute Gasteiger partial charge is 0.119 e. The van der Waals surface area contributed by atoms with E-state index in [0.29, 0.717) is 0 Å². The molecule has 0 N–H and O–H groups in total. The standard InChI is InChI=1S/C18H14ClNO2/c1-21-13-6-7-16-14(8-13)15(18-10-22-18)9-17(20-16)11-2-4-12(19)5-3-11/h2-9,18H,10H2,1H3/t18-/m1/s1. The number of methoxy groups -OCH3 is 1. The van der Waals surface area contributed by atoms with E-state index < -0.39 is 0 Å². The summed E-state index contributed by atoms with van der Waals surface area (Å²) in [6, 6.07) is 15.8. The Bertz CT molecular complexity index is 842. The van der Waals surface area contributed by atoms with Crippen LogP contribution in [-0.2, 0) is 4.74 Å². The van der Waals surface area contributed by atoms with Gasteiger partial charge in [-0.2, -0.15) is 0 Å². The number of benzene rings is 2. The van der Waals surface area contributed by atoms with Crippen LogP contribution < -0.4 is 4.74 Å². The first-order valence-corrected chi connectivity index (χ1v) is 7.48. The van der Waals surface area contributed by atoms with Crippen molar-refractivity contribution >= 4 is 22.5 Å². The fourth-order valence-electron chi connectivity index (χ4n) is 2.62. The number of pyridine rings is 1. The van der Waals surface area contributed by atoms with Gasteiger partial charge >= 0.3 is 0 Å². The third-order valence-corrected chi connectivity index (χ3v) is 4.12. The topological polar surface area (TPSA) is 34.6 Å². The van der Waals surface area contributed by atoms with Gasteiger partial charge in [0.2, 0.25) is 0 Å². The molecule has 3 nitrogen and oxygen atoms in total. The second-order valence-corrected chi connectivity index (χ2v) is 5.75. The maximum Gasteiger partial charge on any atom is 0.119 e. The average molecular weight is 312 g/mol. The molecule has 1 fully saturated rings. The maximum absolute atomic E-state index is 5.96. The molecule has 3 aromatic rings. The van der Waals surface area contributed by atoms with E-state index in [-0.39, 0.29) is 6.10 Å². The zero-order chi connectivity index (χ0) is 15.1. The number of aromatic nitrogens is 1. The Morgan fingerprint density at radius 3 is 2.59 bits per heavy atom. The van der Waals surface area contributed by atoms with Crippen LogP contribution in [-0.4, -0.2) is 18.7 Å². The lowest BCUT2D eigenvalue weighted by atomic mass is 10.0. The number of ether oxygens (including phenoxy) is 2. The number of nitrogens with zero attached hydrogens (tertiary/aromatic N) is 1. The molecule has 0 aliphatic carbocycles. The Morgan fingerprint density at radius 2 is 1.91 bits per heavy atom. The molecule has 110 valence electrons. The number of hydrogen-bond donors (Lipinski definition) is 0. The minimum Gasteiger partial charge on any atom is -0.497 e. The lowest BCUT2D eigenvalue weighted by Crippen LogP contribution is -1.93. The van der Waals surface area contributed by atoms with Crippen LogP contribution in [0.1, 0.15) is 11.7 Å². The number of fused-ring (bicyclic) bond motifs is 1. The molecule has 1 saturated heterocycles. The van der Waals surface area contributed by atoms with Gasteiger partial charge in [0.25, 0.3) is 0 Å². The van der Waals surface area contributed by atoms with Gasteiger partial charge in [-0.15, -0.1) is 0 Å². The van der Waals surface area contributed by atoms with E-state index in [1.54, 1.807) is 7.11 Å². The second-order valence-electron chi connectivity index (χ2n) is 5.31. The Hall–Kier alpha value is -2.10. The van der Waals surface area contributed by atoms with Gasteiger partial charge in [0.05, 0.1) is 24.9 Å². The van der Waals surface area contributed by atoms with E-state index in [1.165, 1.54) is 0 Å². The van der Waals surface area contributed by atoms with E-state index in [4.69, 9.17) is 26.1 Å². The summed E-state index contributed by atoms with van der Waals surface area (Å²) in [5.74, 6) is 0.829. The number of halogens is 1. The molecule has 4 rings (SSSR count). The van der Waals surface area contributed by atoms with Gasteiger partial charge in [0.1, 0.15) is 11.9 Å². The van der Waals surface area contributed by atoms with Crippen molar-refractivity contribution in [1.82, 2.24) is 4.98 Å². The van der Waals surface area contributed by atoms with Gasteiger partial charge in [0, 0.05) is 16.0 Å². The zero-order valence-corrected chi connectivity index (χ0v) is 12.8. The highest BCUT2D eigenvalue weighted by atomic mass is 35.5. The first-order valence-electron chi connectivity index (χ1n) is 7.11. The highest BCUT2D eigenvalue weighted by molar-refractivity contribution is 6.30. The van der Waals surface area contributed by atoms with Crippen molar-refractivity contribution in [3.8, 4) is 17.0 Å². The summed E-state index contributed by atoms with van der Waals surface area (Å²) in [6.45, 7) is 0.760. The van der Waals surface area contributed by atoms with Gasteiger partial charge in [-0.25, -0.2) is 4.98 Å². The second kappa shape index (κ2) is 5.27. The van der Waals surface area contributed by atoms with Crippen LogP contribution >= 0.6 is 11.6 Å². The molecule has 0 spiro atoms. The van der Waals surface area contributed by atoms with Gasteiger partial charge in [-0.1, -0.05) is 23.7 Å². The monoisotopic (exact) mass is 311 g/mol. The average Bonchev–Trinajstić information content (AvgIpc) is 3.39. The van der Waals surface area contributed by atoms with Crippen LogP contribution in [0.2, 0.25) is 5.02 Å². The first-order chi connectivity index (χ1) is 10.7.